The molecule has 0 saturated heterocycles. The molecule has 0 atom stereocenters. The Morgan fingerprint density at radius 1 is 0.560 bits per heavy atom. The van der Waals surface area contributed by atoms with E-state index >= 15 is 0 Å². The Morgan fingerprint density at radius 2 is 0.880 bits per heavy atom. The number of halogens is 1. The predicted octanol–water partition coefficient (Wildman–Crippen LogP) is 5.81. The second kappa shape index (κ2) is 6.85. The van der Waals surface area contributed by atoms with Crippen molar-refractivity contribution in [3.05, 3.63) is 91.0 Å². The molecule has 0 spiro atoms. The molecule has 1 fully saturated rings. The molecule has 0 bridgehead atoms. The van der Waals surface area contributed by atoms with E-state index in [9.17, 15) is 0 Å². The molecule has 25 heavy (non-hydrogen) atoms. The van der Waals surface area contributed by atoms with Crippen LogP contribution in [0.15, 0.2) is 91.0 Å². The Balaban J connectivity index is 2.12. The van der Waals surface area contributed by atoms with Crippen molar-refractivity contribution in [3.8, 4) is 0 Å². The van der Waals surface area contributed by atoms with Crippen LogP contribution in [0.1, 0.15) is 25.7 Å². The summed E-state index contributed by atoms with van der Waals surface area (Å²) in [6.07, 6.45) is 5.38. The molecule has 0 amide bonds. The summed E-state index contributed by atoms with van der Waals surface area (Å²) in [4.78, 5) is 0. The standard InChI is InChI=1S/C23H24IP/c24-25(23-18-10-11-19-23,20-12-4-1-5-13-20,21-14-6-2-7-15-21)22-16-8-3-9-17-22/h1-9,12-17,23H,10-11,18-19H2. The van der Waals surface area contributed by atoms with Crippen LogP contribution in [-0.4, -0.2) is 5.66 Å². The summed E-state index contributed by atoms with van der Waals surface area (Å²) in [6.45, 7) is 0. The van der Waals surface area contributed by atoms with Crippen molar-refractivity contribution in [1.29, 1.82) is 0 Å². The SMILES string of the molecule is IP(c1ccccc1)(c1ccccc1)(c1ccccc1)C1CCCC1. The zero-order valence-electron chi connectivity index (χ0n) is 14.4. The van der Waals surface area contributed by atoms with E-state index < -0.39 is 4.25 Å². The second-order valence-electron chi connectivity index (χ2n) is 7.02. The number of hydrogen-bond donors (Lipinski definition) is 0. The molecule has 0 radical (unpaired) electrons. The van der Waals surface area contributed by atoms with Crippen LogP contribution in [-0.2, 0) is 0 Å². The average molecular weight is 458 g/mol. The maximum atomic E-state index is 2.94. The fourth-order valence-electron chi connectivity index (χ4n) is 4.63. The molecule has 128 valence electrons. The van der Waals surface area contributed by atoms with Gasteiger partial charge in [-0.1, -0.05) is 0 Å². The Hall–Kier alpha value is -1.18. The molecule has 0 nitrogen and oxygen atoms in total. The van der Waals surface area contributed by atoms with E-state index in [4.69, 9.17) is 0 Å². The molecular formula is C23H24IP. The van der Waals surface area contributed by atoms with E-state index in [-0.39, 0.29) is 0 Å². The molecule has 0 N–H and O–H groups in total. The van der Waals surface area contributed by atoms with Crippen LogP contribution in [0.5, 0.6) is 0 Å². The first-order chi connectivity index (χ1) is 12.2. The molecule has 0 aromatic heterocycles. The molecule has 0 unspecified atom stereocenters. The quantitative estimate of drug-likeness (QED) is 0.342. The molecule has 2 heteroatoms. The number of benzene rings is 3. The van der Waals surface area contributed by atoms with Crippen molar-refractivity contribution in [3.63, 3.8) is 0 Å². The van der Waals surface area contributed by atoms with Crippen LogP contribution >= 0.6 is 26.3 Å². The van der Waals surface area contributed by atoms with Gasteiger partial charge < -0.3 is 0 Å². The zero-order valence-corrected chi connectivity index (χ0v) is 17.4. The van der Waals surface area contributed by atoms with E-state index in [1.54, 1.807) is 0 Å². The Labute approximate surface area is 164 Å². The van der Waals surface area contributed by atoms with Crippen molar-refractivity contribution < 1.29 is 0 Å². The molecule has 3 aromatic carbocycles. The third-order valence-electron chi connectivity index (χ3n) is 5.79. The first-order valence-corrected chi connectivity index (χ1v) is 14.2. The van der Waals surface area contributed by atoms with Gasteiger partial charge in [-0.3, -0.25) is 0 Å². The van der Waals surface area contributed by atoms with Gasteiger partial charge in [0, 0.05) is 0 Å². The molecule has 4 rings (SSSR count). The van der Waals surface area contributed by atoms with Crippen molar-refractivity contribution in [2.75, 3.05) is 0 Å². The van der Waals surface area contributed by atoms with Crippen molar-refractivity contribution in [1.82, 2.24) is 0 Å². The Bertz CT molecular complexity index is 724. The van der Waals surface area contributed by atoms with Gasteiger partial charge in [0.2, 0.25) is 0 Å². The summed E-state index contributed by atoms with van der Waals surface area (Å²) in [5, 5.41) is 4.58. The number of hydrogen-bond acceptors (Lipinski definition) is 0. The van der Waals surface area contributed by atoms with Crippen LogP contribution in [0, 0.1) is 0 Å². The van der Waals surface area contributed by atoms with Crippen molar-refractivity contribution in [2.24, 2.45) is 0 Å². The molecular weight excluding hydrogens is 434 g/mol. The van der Waals surface area contributed by atoms with Gasteiger partial charge in [0.15, 0.2) is 0 Å². The first kappa shape index (κ1) is 17.2. The van der Waals surface area contributed by atoms with Gasteiger partial charge in [0.25, 0.3) is 0 Å². The van der Waals surface area contributed by atoms with E-state index in [1.807, 2.05) is 0 Å². The number of rotatable bonds is 4. The summed E-state index contributed by atoms with van der Waals surface area (Å²) in [5.74, 6) is 0. The minimum absolute atomic E-state index is 0.721. The second-order valence-corrected chi connectivity index (χ2v) is 17.5. The van der Waals surface area contributed by atoms with Gasteiger partial charge in [0.1, 0.15) is 0 Å². The van der Waals surface area contributed by atoms with Gasteiger partial charge in [-0.05, 0) is 0 Å². The first-order valence-electron chi connectivity index (χ1n) is 9.15. The van der Waals surface area contributed by atoms with E-state index in [0.29, 0.717) is 0 Å². The van der Waals surface area contributed by atoms with E-state index in [0.717, 1.165) is 5.66 Å². The maximum absolute atomic E-state index is 2.94. The summed E-state index contributed by atoms with van der Waals surface area (Å²) in [6, 6.07) is 34.0. The van der Waals surface area contributed by atoms with Gasteiger partial charge in [-0.25, -0.2) is 0 Å². The summed E-state index contributed by atoms with van der Waals surface area (Å²) < 4.78 is -2.54. The topological polar surface area (TPSA) is 0 Å². The van der Waals surface area contributed by atoms with Gasteiger partial charge >= 0.3 is 165 Å². The van der Waals surface area contributed by atoms with Crippen LogP contribution < -0.4 is 15.9 Å². The van der Waals surface area contributed by atoms with Crippen molar-refractivity contribution >= 4 is 42.2 Å². The zero-order chi connectivity index (χ0) is 17.2. The minimum atomic E-state index is -2.54. The van der Waals surface area contributed by atoms with Crippen molar-refractivity contribution in [2.45, 2.75) is 31.3 Å². The van der Waals surface area contributed by atoms with E-state index in [1.165, 1.54) is 41.6 Å². The van der Waals surface area contributed by atoms with Gasteiger partial charge in [-0.2, -0.15) is 0 Å². The van der Waals surface area contributed by atoms with Crippen LogP contribution in [0.2, 0.25) is 0 Å². The fourth-order valence-corrected chi connectivity index (χ4v) is 15.0. The molecule has 3 aromatic rings. The normalized spacial score (nSPS) is 17.1. The summed E-state index contributed by atoms with van der Waals surface area (Å²) in [7, 11) is 0. The Kier molecular flexibility index (Phi) is 4.73. The third kappa shape index (κ3) is 2.59. The van der Waals surface area contributed by atoms with Crippen LogP contribution in [0.25, 0.3) is 0 Å². The Morgan fingerprint density at radius 3 is 1.20 bits per heavy atom. The average Bonchev–Trinajstić information content (AvgIpc) is 3.25. The third-order valence-corrected chi connectivity index (χ3v) is 19.0. The molecule has 0 heterocycles. The molecule has 1 saturated carbocycles. The summed E-state index contributed by atoms with van der Waals surface area (Å²) in [5.41, 5.74) is 0.721. The monoisotopic (exact) mass is 458 g/mol. The summed E-state index contributed by atoms with van der Waals surface area (Å²) >= 11 is 2.94. The fraction of sp³-hybridized carbons (Fsp3) is 0.217. The van der Waals surface area contributed by atoms with Crippen LogP contribution in [0.4, 0.5) is 0 Å². The van der Waals surface area contributed by atoms with Gasteiger partial charge in [0.05, 0.1) is 0 Å². The van der Waals surface area contributed by atoms with Gasteiger partial charge in [-0.15, -0.1) is 0 Å². The molecule has 1 aliphatic rings. The van der Waals surface area contributed by atoms with E-state index in [2.05, 4.69) is 113 Å². The molecule has 0 aliphatic heterocycles. The predicted molar refractivity (Wildman–Crippen MR) is 121 cm³/mol. The van der Waals surface area contributed by atoms with Crippen LogP contribution in [0.3, 0.4) is 0 Å². The molecule has 1 aliphatic carbocycles.